The predicted octanol–water partition coefficient (Wildman–Crippen LogP) is 1.94. The van der Waals surface area contributed by atoms with E-state index in [1.165, 1.54) is 19.2 Å². The number of nitrogens with two attached hydrogens (primary N) is 1. The SMILES string of the molecule is CNC(=O)c1ccc(Cl)c(N)c1Cl. The van der Waals surface area contributed by atoms with Crippen molar-refractivity contribution < 1.29 is 4.79 Å². The first-order valence-electron chi connectivity index (χ1n) is 3.53. The lowest BCUT2D eigenvalue weighted by Crippen LogP contribution is -2.18. The third kappa shape index (κ3) is 1.87. The normalized spacial score (nSPS) is 9.77. The van der Waals surface area contributed by atoms with Gasteiger partial charge in [0.25, 0.3) is 5.91 Å². The van der Waals surface area contributed by atoms with Crippen LogP contribution in [0.3, 0.4) is 0 Å². The highest BCUT2D eigenvalue weighted by Crippen LogP contribution is 2.30. The Morgan fingerprint density at radius 2 is 2.08 bits per heavy atom. The highest BCUT2D eigenvalue weighted by Gasteiger charge is 2.12. The molecule has 1 aromatic carbocycles. The summed E-state index contributed by atoms with van der Waals surface area (Å²) in [5, 5.41) is 2.98. The molecular formula is C8H8Cl2N2O. The maximum Gasteiger partial charge on any atom is 0.252 e. The molecule has 13 heavy (non-hydrogen) atoms. The number of hydrogen-bond acceptors (Lipinski definition) is 2. The third-order valence-electron chi connectivity index (χ3n) is 1.60. The van der Waals surface area contributed by atoms with E-state index in [4.69, 9.17) is 28.9 Å². The molecule has 3 nitrogen and oxygen atoms in total. The van der Waals surface area contributed by atoms with Crippen LogP contribution in [0.2, 0.25) is 10.0 Å². The number of nitrogens with one attached hydrogen (secondary N) is 1. The van der Waals surface area contributed by atoms with Crippen molar-refractivity contribution in [2.45, 2.75) is 0 Å². The smallest absolute Gasteiger partial charge is 0.252 e. The number of carbonyl (C=O) groups is 1. The Bertz CT molecular complexity index is 352. The van der Waals surface area contributed by atoms with Crippen molar-refractivity contribution in [3.63, 3.8) is 0 Å². The number of amides is 1. The number of anilines is 1. The standard InChI is InChI=1S/C8H8Cl2N2O/c1-12-8(13)4-2-3-5(9)7(11)6(4)10/h2-3H,11H2,1H3,(H,12,13). The molecule has 0 aliphatic carbocycles. The molecule has 1 amide bonds. The van der Waals surface area contributed by atoms with Crippen molar-refractivity contribution >= 4 is 34.8 Å². The largest absolute Gasteiger partial charge is 0.396 e. The highest BCUT2D eigenvalue weighted by atomic mass is 35.5. The van der Waals surface area contributed by atoms with Crippen molar-refractivity contribution in [2.75, 3.05) is 12.8 Å². The molecule has 0 fully saturated rings. The molecule has 0 saturated heterocycles. The zero-order valence-electron chi connectivity index (χ0n) is 6.90. The number of benzene rings is 1. The summed E-state index contributed by atoms with van der Waals surface area (Å²) in [5.41, 5.74) is 6.08. The van der Waals surface area contributed by atoms with Gasteiger partial charge in [0.15, 0.2) is 0 Å². The molecule has 0 atom stereocenters. The van der Waals surface area contributed by atoms with Crippen LogP contribution >= 0.6 is 23.2 Å². The Balaban J connectivity index is 3.26. The van der Waals surface area contributed by atoms with E-state index in [9.17, 15) is 4.79 Å². The summed E-state index contributed by atoms with van der Waals surface area (Å²) in [7, 11) is 1.52. The average molecular weight is 219 g/mol. The van der Waals surface area contributed by atoms with Crippen LogP contribution in [0.15, 0.2) is 12.1 Å². The van der Waals surface area contributed by atoms with Gasteiger partial charge in [-0.15, -0.1) is 0 Å². The van der Waals surface area contributed by atoms with Gasteiger partial charge in [-0.1, -0.05) is 23.2 Å². The van der Waals surface area contributed by atoms with Gasteiger partial charge < -0.3 is 11.1 Å². The van der Waals surface area contributed by atoms with Crippen molar-refractivity contribution in [1.82, 2.24) is 5.32 Å². The van der Waals surface area contributed by atoms with E-state index >= 15 is 0 Å². The van der Waals surface area contributed by atoms with Crippen LogP contribution in [-0.4, -0.2) is 13.0 Å². The van der Waals surface area contributed by atoms with Crippen LogP contribution in [0.1, 0.15) is 10.4 Å². The Hall–Kier alpha value is -0.930. The number of halogens is 2. The fraction of sp³-hybridized carbons (Fsp3) is 0.125. The number of carbonyl (C=O) groups excluding carboxylic acids is 1. The molecule has 0 saturated carbocycles. The van der Waals surface area contributed by atoms with E-state index in [1.807, 2.05) is 0 Å². The molecule has 3 N–H and O–H groups in total. The van der Waals surface area contributed by atoms with Crippen molar-refractivity contribution in [3.8, 4) is 0 Å². The fourth-order valence-electron chi connectivity index (χ4n) is 0.879. The molecule has 0 radical (unpaired) electrons. The van der Waals surface area contributed by atoms with Gasteiger partial charge in [-0.2, -0.15) is 0 Å². The molecule has 1 aromatic rings. The van der Waals surface area contributed by atoms with Gasteiger partial charge in [-0.05, 0) is 12.1 Å². The second-order valence-electron chi connectivity index (χ2n) is 2.40. The van der Waals surface area contributed by atoms with E-state index in [1.54, 1.807) is 0 Å². The number of rotatable bonds is 1. The van der Waals surface area contributed by atoms with Crippen molar-refractivity contribution in [2.24, 2.45) is 0 Å². The molecule has 70 valence electrons. The maximum atomic E-state index is 11.2. The topological polar surface area (TPSA) is 55.1 Å². The molecule has 0 aliphatic heterocycles. The number of hydrogen-bond donors (Lipinski definition) is 2. The minimum absolute atomic E-state index is 0.187. The second kappa shape index (κ2) is 3.85. The van der Waals surface area contributed by atoms with Gasteiger partial charge in [-0.3, -0.25) is 4.79 Å². The first-order valence-corrected chi connectivity index (χ1v) is 4.29. The Morgan fingerprint density at radius 3 is 2.62 bits per heavy atom. The molecule has 5 heteroatoms. The van der Waals surface area contributed by atoms with Gasteiger partial charge in [0.2, 0.25) is 0 Å². The molecule has 0 aromatic heterocycles. The second-order valence-corrected chi connectivity index (χ2v) is 3.19. The lowest BCUT2D eigenvalue weighted by molar-refractivity contribution is 0.0963. The highest BCUT2D eigenvalue weighted by molar-refractivity contribution is 6.40. The summed E-state index contributed by atoms with van der Waals surface area (Å²) in [4.78, 5) is 11.2. The molecule has 0 spiro atoms. The maximum absolute atomic E-state index is 11.2. The van der Waals surface area contributed by atoms with Gasteiger partial charge in [0.05, 0.1) is 21.3 Å². The van der Waals surface area contributed by atoms with Gasteiger partial charge in [0, 0.05) is 7.05 Å². The Morgan fingerprint density at radius 1 is 1.46 bits per heavy atom. The zero-order chi connectivity index (χ0) is 10.0. The van der Waals surface area contributed by atoms with Crippen LogP contribution in [0.4, 0.5) is 5.69 Å². The Labute approximate surface area is 85.8 Å². The zero-order valence-corrected chi connectivity index (χ0v) is 8.41. The lowest BCUT2D eigenvalue weighted by Gasteiger charge is -2.06. The summed E-state index contributed by atoms with van der Waals surface area (Å²) < 4.78 is 0. The summed E-state index contributed by atoms with van der Waals surface area (Å²) in [6, 6.07) is 3.06. The lowest BCUT2D eigenvalue weighted by atomic mass is 10.2. The molecule has 0 heterocycles. The third-order valence-corrected chi connectivity index (χ3v) is 2.34. The Kier molecular flexibility index (Phi) is 3.01. The molecule has 0 aliphatic rings. The van der Waals surface area contributed by atoms with Gasteiger partial charge in [-0.25, -0.2) is 0 Å². The van der Waals surface area contributed by atoms with E-state index < -0.39 is 0 Å². The molecule has 0 unspecified atom stereocenters. The first kappa shape index (κ1) is 10.2. The summed E-state index contributed by atoms with van der Waals surface area (Å²) >= 11 is 11.5. The van der Waals surface area contributed by atoms with Crippen LogP contribution in [-0.2, 0) is 0 Å². The predicted molar refractivity (Wildman–Crippen MR) is 54.3 cm³/mol. The van der Waals surface area contributed by atoms with E-state index in [0.717, 1.165) is 0 Å². The van der Waals surface area contributed by atoms with Crippen LogP contribution in [0, 0.1) is 0 Å². The summed E-state index contributed by atoms with van der Waals surface area (Å²) in [5.74, 6) is -0.284. The summed E-state index contributed by atoms with van der Waals surface area (Å²) in [6.45, 7) is 0. The quantitative estimate of drug-likeness (QED) is 0.709. The van der Waals surface area contributed by atoms with E-state index in [2.05, 4.69) is 5.32 Å². The van der Waals surface area contributed by atoms with Crippen LogP contribution < -0.4 is 11.1 Å². The minimum Gasteiger partial charge on any atom is -0.396 e. The minimum atomic E-state index is -0.284. The van der Waals surface area contributed by atoms with Gasteiger partial charge in [0.1, 0.15) is 0 Å². The monoisotopic (exact) mass is 218 g/mol. The van der Waals surface area contributed by atoms with Crippen LogP contribution in [0.5, 0.6) is 0 Å². The van der Waals surface area contributed by atoms with Gasteiger partial charge >= 0.3 is 0 Å². The van der Waals surface area contributed by atoms with Crippen molar-refractivity contribution in [3.05, 3.63) is 27.7 Å². The summed E-state index contributed by atoms with van der Waals surface area (Å²) in [6.07, 6.45) is 0. The van der Waals surface area contributed by atoms with Crippen molar-refractivity contribution in [1.29, 1.82) is 0 Å². The van der Waals surface area contributed by atoms with E-state index in [-0.39, 0.29) is 16.6 Å². The van der Waals surface area contributed by atoms with E-state index in [0.29, 0.717) is 10.6 Å². The number of nitrogen functional groups attached to an aromatic ring is 1. The van der Waals surface area contributed by atoms with Crippen LogP contribution in [0.25, 0.3) is 0 Å². The molecular weight excluding hydrogens is 211 g/mol. The molecule has 0 bridgehead atoms. The molecule has 1 rings (SSSR count). The first-order chi connectivity index (χ1) is 6.07. The fourth-order valence-corrected chi connectivity index (χ4v) is 1.34. The average Bonchev–Trinajstić information content (AvgIpc) is 2.13.